The maximum atomic E-state index is 13.0. The van der Waals surface area contributed by atoms with Gasteiger partial charge in [0.25, 0.3) is 15.9 Å². The summed E-state index contributed by atoms with van der Waals surface area (Å²) in [6, 6.07) is 12.3. The molecular weight excluding hydrogens is 407 g/mol. The van der Waals surface area contributed by atoms with Gasteiger partial charge >= 0.3 is 0 Å². The van der Waals surface area contributed by atoms with Gasteiger partial charge in [-0.1, -0.05) is 11.6 Å². The molecule has 0 aliphatic rings. The first kappa shape index (κ1) is 19.9. The third-order valence-electron chi connectivity index (χ3n) is 3.88. The van der Waals surface area contributed by atoms with E-state index < -0.39 is 21.7 Å². The summed E-state index contributed by atoms with van der Waals surface area (Å²) in [7, 11) is -2.51. The molecule has 3 rings (SSSR count). The lowest BCUT2D eigenvalue weighted by Crippen LogP contribution is -2.26. The van der Waals surface area contributed by atoms with E-state index in [1.54, 1.807) is 19.2 Å². The predicted octanol–water partition coefficient (Wildman–Crippen LogP) is 4.15. The number of hydrogen-bond donors (Lipinski definition) is 1. The van der Waals surface area contributed by atoms with Gasteiger partial charge in [-0.05, 0) is 54.6 Å². The van der Waals surface area contributed by atoms with Crippen LogP contribution in [-0.2, 0) is 16.6 Å². The fourth-order valence-electron chi connectivity index (χ4n) is 2.50. The molecule has 0 atom stereocenters. The van der Waals surface area contributed by atoms with Gasteiger partial charge in [0.1, 0.15) is 16.5 Å². The molecule has 3 aromatic rings. The van der Waals surface area contributed by atoms with Gasteiger partial charge in [-0.15, -0.1) is 0 Å². The highest BCUT2D eigenvalue weighted by molar-refractivity contribution is 7.92. The number of rotatable bonds is 6. The van der Waals surface area contributed by atoms with Gasteiger partial charge in [-0.3, -0.25) is 9.52 Å². The van der Waals surface area contributed by atoms with E-state index in [2.05, 4.69) is 4.72 Å². The van der Waals surface area contributed by atoms with Crippen molar-refractivity contribution in [1.29, 1.82) is 0 Å². The van der Waals surface area contributed by atoms with Gasteiger partial charge in [-0.2, -0.15) is 0 Å². The van der Waals surface area contributed by atoms with E-state index in [1.165, 1.54) is 41.5 Å². The molecule has 2 aromatic carbocycles. The first-order valence-electron chi connectivity index (χ1n) is 8.12. The largest absolute Gasteiger partial charge is 0.467 e. The molecule has 9 heteroatoms. The molecule has 0 aliphatic heterocycles. The summed E-state index contributed by atoms with van der Waals surface area (Å²) < 4.78 is 45.9. The lowest BCUT2D eigenvalue weighted by Gasteiger charge is -2.17. The number of carbonyl (C=O) groups excluding carboxylic acids is 1. The van der Waals surface area contributed by atoms with E-state index in [1.807, 2.05) is 0 Å². The van der Waals surface area contributed by atoms with Crippen LogP contribution in [0.5, 0.6) is 0 Å². The number of anilines is 1. The zero-order chi connectivity index (χ0) is 20.3. The molecule has 1 aromatic heterocycles. The van der Waals surface area contributed by atoms with Crippen molar-refractivity contribution in [1.82, 2.24) is 4.90 Å². The maximum Gasteiger partial charge on any atom is 0.263 e. The normalized spacial score (nSPS) is 11.2. The maximum absolute atomic E-state index is 13.0. The highest BCUT2D eigenvalue weighted by Crippen LogP contribution is 2.26. The Morgan fingerprint density at radius 1 is 1.18 bits per heavy atom. The number of halogens is 2. The SMILES string of the molecule is CN(Cc1ccco1)C(=O)c1ccc(Cl)c(S(=O)(=O)Nc2ccc(F)cc2)c1. The molecule has 28 heavy (non-hydrogen) atoms. The van der Waals surface area contributed by atoms with Crippen LogP contribution >= 0.6 is 11.6 Å². The summed E-state index contributed by atoms with van der Waals surface area (Å²) in [5.41, 5.74) is 0.321. The molecular formula is C19H16ClFN2O4S. The van der Waals surface area contributed by atoms with Crippen LogP contribution in [-0.4, -0.2) is 26.3 Å². The quantitative estimate of drug-likeness (QED) is 0.647. The smallest absolute Gasteiger partial charge is 0.263 e. The van der Waals surface area contributed by atoms with E-state index in [9.17, 15) is 17.6 Å². The van der Waals surface area contributed by atoms with Gasteiger partial charge in [0.2, 0.25) is 0 Å². The van der Waals surface area contributed by atoms with Crippen molar-refractivity contribution in [2.24, 2.45) is 0 Å². The van der Waals surface area contributed by atoms with Crippen molar-refractivity contribution < 1.29 is 22.0 Å². The van der Waals surface area contributed by atoms with Gasteiger partial charge in [0.05, 0.1) is 17.8 Å². The molecule has 0 saturated carbocycles. The Morgan fingerprint density at radius 2 is 1.89 bits per heavy atom. The number of nitrogens with zero attached hydrogens (tertiary/aromatic N) is 1. The predicted molar refractivity (Wildman–Crippen MR) is 103 cm³/mol. The number of hydrogen-bond acceptors (Lipinski definition) is 4. The topological polar surface area (TPSA) is 79.6 Å². The lowest BCUT2D eigenvalue weighted by atomic mass is 10.2. The fourth-order valence-corrected chi connectivity index (χ4v) is 4.08. The van der Waals surface area contributed by atoms with Crippen LogP contribution in [0.4, 0.5) is 10.1 Å². The van der Waals surface area contributed by atoms with Crippen molar-refractivity contribution in [3.8, 4) is 0 Å². The fraction of sp³-hybridized carbons (Fsp3) is 0.105. The van der Waals surface area contributed by atoms with Crippen LogP contribution in [0, 0.1) is 5.82 Å². The van der Waals surface area contributed by atoms with Gasteiger partial charge < -0.3 is 9.32 Å². The molecule has 1 N–H and O–H groups in total. The molecule has 0 saturated heterocycles. The van der Waals surface area contributed by atoms with E-state index in [-0.39, 0.29) is 27.7 Å². The van der Waals surface area contributed by atoms with E-state index in [4.69, 9.17) is 16.0 Å². The Balaban J connectivity index is 1.85. The monoisotopic (exact) mass is 422 g/mol. The molecule has 1 amide bonds. The highest BCUT2D eigenvalue weighted by atomic mass is 35.5. The standard InChI is InChI=1S/C19H16ClFN2O4S/c1-23(12-16-3-2-10-27-16)19(24)13-4-9-17(20)18(11-13)28(25,26)22-15-7-5-14(21)6-8-15/h2-11,22H,12H2,1H3. The number of amides is 1. The van der Waals surface area contributed by atoms with Crippen LogP contribution in [0.3, 0.4) is 0 Å². The molecule has 146 valence electrons. The highest BCUT2D eigenvalue weighted by Gasteiger charge is 2.22. The zero-order valence-electron chi connectivity index (χ0n) is 14.7. The molecule has 1 heterocycles. The number of furan rings is 1. The number of carbonyl (C=O) groups is 1. The van der Waals surface area contributed by atoms with E-state index in [0.717, 1.165) is 12.1 Å². The summed E-state index contributed by atoms with van der Waals surface area (Å²) in [6.45, 7) is 0.227. The number of sulfonamides is 1. The minimum absolute atomic E-state index is 0.0418. The average Bonchev–Trinajstić information content (AvgIpc) is 3.16. The van der Waals surface area contributed by atoms with E-state index >= 15 is 0 Å². The summed E-state index contributed by atoms with van der Waals surface area (Å²) in [5, 5.41) is -0.0418. The van der Waals surface area contributed by atoms with Crippen LogP contribution in [0.15, 0.2) is 70.2 Å². The van der Waals surface area contributed by atoms with Crippen LogP contribution < -0.4 is 4.72 Å². The van der Waals surface area contributed by atoms with Crippen molar-refractivity contribution in [3.05, 3.63) is 83.0 Å². The molecule has 6 nitrogen and oxygen atoms in total. The minimum atomic E-state index is -4.08. The van der Waals surface area contributed by atoms with Crippen molar-refractivity contribution in [2.75, 3.05) is 11.8 Å². The lowest BCUT2D eigenvalue weighted by molar-refractivity contribution is 0.0775. The molecule has 0 aliphatic carbocycles. The van der Waals surface area contributed by atoms with Crippen LogP contribution in [0.1, 0.15) is 16.1 Å². The molecule has 0 radical (unpaired) electrons. The Bertz CT molecular complexity index is 1080. The second kappa shape index (κ2) is 8.04. The van der Waals surface area contributed by atoms with Crippen LogP contribution in [0.25, 0.3) is 0 Å². The summed E-state index contributed by atoms with van der Waals surface area (Å²) in [5.74, 6) is -0.296. The van der Waals surface area contributed by atoms with Crippen LogP contribution in [0.2, 0.25) is 5.02 Å². The summed E-state index contributed by atoms with van der Waals surface area (Å²) >= 11 is 6.05. The van der Waals surface area contributed by atoms with Gasteiger partial charge in [0.15, 0.2) is 0 Å². The minimum Gasteiger partial charge on any atom is -0.467 e. The second-order valence-electron chi connectivity index (χ2n) is 6.00. The Labute approximate surface area is 166 Å². The third-order valence-corrected chi connectivity index (χ3v) is 5.75. The van der Waals surface area contributed by atoms with Crippen molar-refractivity contribution >= 4 is 33.2 Å². The van der Waals surface area contributed by atoms with Crippen molar-refractivity contribution in [2.45, 2.75) is 11.4 Å². The zero-order valence-corrected chi connectivity index (χ0v) is 16.3. The third kappa shape index (κ3) is 4.52. The molecule has 0 bridgehead atoms. The second-order valence-corrected chi connectivity index (χ2v) is 8.06. The van der Waals surface area contributed by atoms with Crippen molar-refractivity contribution in [3.63, 3.8) is 0 Å². The first-order chi connectivity index (χ1) is 13.3. The van der Waals surface area contributed by atoms with Gasteiger partial charge in [0, 0.05) is 18.3 Å². The Morgan fingerprint density at radius 3 is 2.54 bits per heavy atom. The number of nitrogens with one attached hydrogen (secondary N) is 1. The molecule has 0 fully saturated rings. The Hall–Kier alpha value is -2.84. The average molecular weight is 423 g/mol. The number of benzene rings is 2. The van der Waals surface area contributed by atoms with E-state index in [0.29, 0.717) is 5.76 Å². The summed E-state index contributed by atoms with van der Waals surface area (Å²) in [6.07, 6.45) is 1.50. The first-order valence-corrected chi connectivity index (χ1v) is 9.98. The summed E-state index contributed by atoms with van der Waals surface area (Å²) in [4.78, 5) is 13.8. The Kier molecular flexibility index (Phi) is 5.71. The van der Waals surface area contributed by atoms with Gasteiger partial charge in [-0.25, -0.2) is 12.8 Å². The molecule has 0 spiro atoms. The molecule has 0 unspecified atom stereocenters.